The summed E-state index contributed by atoms with van der Waals surface area (Å²) in [5.41, 5.74) is 2.50. The van der Waals surface area contributed by atoms with Gasteiger partial charge in [0.05, 0.1) is 17.5 Å². The summed E-state index contributed by atoms with van der Waals surface area (Å²) in [5, 5.41) is 17.0. The monoisotopic (exact) mass is 152 g/mol. The summed E-state index contributed by atoms with van der Waals surface area (Å²) >= 11 is 0. The lowest BCUT2D eigenvalue weighted by molar-refractivity contribution is 0.197. The molecule has 0 radical (unpaired) electrons. The number of hydrogen-bond acceptors (Lipinski definition) is 3. The SMILES string of the molecule is Cc1cc(C(C)O)c(C)nn1. The van der Waals surface area contributed by atoms with Crippen molar-refractivity contribution in [1.29, 1.82) is 0 Å². The maximum atomic E-state index is 9.26. The van der Waals surface area contributed by atoms with Crippen molar-refractivity contribution in [3.05, 3.63) is 23.0 Å². The fourth-order valence-corrected chi connectivity index (χ4v) is 0.993. The standard InChI is InChI=1S/C8H12N2O/c1-5-4-8(7(3)11)6(2)10-9-5/h4,7,11H,1-3H3. The maximum Gasteiger partial charge on any atom is 0.0780 e. The minimum atomic E-state index is -0.454. The Balaban J connectivity index is 3.13. The molecule has 0 fully saturated rings. The summed E-state index contributed by atoms with van der Waals surface area (Å²) < 4.78 is 0. The normalized spacial score (nSPS) is 13.1. The van der Waals surface area contributed by atoms with E-state index < -0.39 is 6.10 Å². The Morgan fingerprint density at radius 1 is 1.36 bits per heavy atom. The predicted molar refractivity (Wildman–Crippen MR) is 42.1 cm³/mol. The van der Waals surface area contributed by atoms with Gasteiger partial charge in [-0.25, -0.2) is 0 Å². The highest BCUT2D eigenvalue weighted by atomic mass is 16.3. The van der Waals surface area contributed by atoms with Crippen LogP contribution in [0.1, 0.15) is 30.0 Å². The van der Waals surface area contributed by atoms with Crippen LogP contribution in [-0.2, 0) is 0 Å². The number of aliphatic hydroxyl groups excluding tert-OH is 1. The van der Waals surface area contributed by atoms with Crippen LogP contribution in [0.3, 0.4) is 0 Å². The fraction of sp³-hybridized carbons (Fsp3) is 0.500. The smallest absolute Gasteiger partial charge is 0.0780 e. The average molecular weight is 152 g/mol. The van der Waals surface area contributed by atoms with Gasteiger partial charge in [0.1, 0.15) is 0 Å². The zero-order valence-electron chi connectivity index (χ0n) is 7.00. The number of aliphatic hydroxyl groups is 1. The minimum absolute atomic E-state index is 0.454. The zero-order valence-corrected chi connectivity index (χ0v) is 7.00. The number of aromatic nitrogens is 2. The molecule has 0 aliphatic carbocycles. The predicted octanol–water partition coefficient (Wildman–Crippen LogP) is 1.15. The highest BCUT2D eigenvalue weighted by Gasteiger charge is 2.05. The summed E-state index contributed by atoms with van der Waals surface area (Å²) in [7, 11) is 0. The summed E-state index contributed by atoms with van der Waals surface area (Å²) in [5.74, 6) is 0. The van der Waals surface area contributed by atoms with Crippen LogP contribution in [0, 0.1) is 13.8 Å². The van der Waals surface area contributed by atoms with E-state index in [-0.39, 0.29) is 0 Å². The number of rotatable bonds is 1. The van der Waals surface area contributed by atoms with E-state index in [1.807, 2.05) is 19.9 Å². The van der Waals surface area contributed by atoms with E-state index in [4.69, 9.17) is 0 Å². The molecule has 1 unspecified atom stereocenters. The van der Waals surface area contributed by atoms with Gasteiger partial charge in [-0.2, -0.15) is 10.2 Å². The van der Waals surface area contributed by atoms with Gasteiger partial charge < -0.3 is 5.11 Å². The number of aryl methyl sites for hydroxylation is 2. The van der Waals surface area contributed by atoms with Crippen LogP contribution in [0.4, 0.5) is 0 Å². The van der Waals surface area contributed by atoms with E-state index >= 15 is 0 Å². The largest absolute Gasteiger partial charge is 0.389 e. The van der Waals surface area contributed by atoms with Gasteiger partial charge in [0, 0.05) is 5.56 Å². The third kappa shape index (κ3) is 1.74. The Labute approximate surface area is 66.1 Å². The first kappa shape index (κ1) is 8.14. The molecule has 1 aromatic heterocycles. The van der Waals surface area contributed by atoms with E-state index in [1.54, 1.807) is 6.92 Å². The van der Waals surface area contributed by atoms with Gasteiger partial charge in [-0.05, 0) is 26.8 Å². The Bertz CT molecular complexity index is 258. The molecule has 0 aliphatic heterocycles. The number of nitrogens with zero attached hydrogens (tertiary/aromatic N) is 2. The molecular weight excluding hydrogens is 140 g/mol. The molecule has 0 amide bonds. The van der Waals surface area contributed by atoms with Gasteiger partial charge >= 0.3 is 0 Å². The maximum absolute atomic E-state index is 9.26. The third-order valence-corrected chi connectivity index (χ3v) is 1.59. The van der Waals surface area contributed by atoms with Gasteiger partial charge in [0.25, 0.3) is 0 Å². The molecule has 0 aromatic carbocycles. The molecule has 0 bridgehead atoms. The van der Waals surface area contributed by atoms with Gasteiger partial charge in [-0.3, -0.25) is 0 Å². The first-order chi connectivity index (χ1) is 5.11. The van der Waals surface area contributed by atoms with Crippen LogP contribution >= 0.6 is 0 Å². The molecule has 1 heterocycles. The van der Waals surface area contributed by atoms with E-state index in [0.29, 0.717) is 0 Å². The highest BCUT2D eigenvalue weighted by molar-refractivity contribution is 5.21. The number of hydrogen-bond donors (Lipinski definition) is 1. The Morgan fingerprint density at radius 3 is 2.45 bits per heavy atom. The molecule has 3 nitrogen and oxygen atoms in total. The van der Waals surface area contributed by atoms with Crippen molar-refractivity contribution in [2.24, 2.45) is 0 Å². The molecule has 1 N–H and O–H groups in total. The highest BCUT2D eigenvalue weighted by Crippen LogP contribution is 2.14. The second-order valence-electron chi connectivity index (χ2n) is 2.70. The first-order valence-corrected chi connectivity index (χ1v) is 3.60. The van der Waals surface area contributed by atoms with Crippen molar-refractivity contribution >= 4 is 0 Å². The van der Waals surface area contributed by atoms with E-state index in [0.717, 1.165) is 17.0 Å². The zero-order chi connectivity index (χ0) is 8.43. The van der Waals surface area contributed by atoms with Crippen molar-refractivity contribution in [3.8, 4) is 0 Å². The van der Waals surface area contributed by atoms with Crippen molar-refractivity contribution in [3.63, 3.8) is 0 Å². The molecule has 0 saturated carbocycles. The molecule has 0 saturated heterocycles. The van der Waals surface area contributed by atoms with Crippen LogP contribution in [0.2, 0.25) is 0 Å². The lowest BCUT2D eigenvalue weighted by Gasteiger charge is -2.06. The van der Waals surface area contributed by atoms with Gasteiger partial charge in [-0.15, -0.1) is 0 Å². The molecule has 1 aromatic rings. The van der Waals surface area contributed by atoms with E-state index in [2.05, 4.69) is 10.2 Å². The summed E-state index contributed by atoms with van der Waals surface area (Å²) in [6, 6.07) is 1.85. The van der Waals surface area contributed by atoms with Crippen LogP contribution in [0.15, 0.2) is 6.07 Å². The molecule has 3 heteroatoms. The van der Waals surface area contributed by atoms with Gasteiger partial charge in [0.2, 0.25) is 0 Å². The second-order valence-corrected chi connectivity index (χ2v) is 2.70. The summed E-state index contributed by atoms with van der Waals surface area (Å²) in [6.45, 7) is 5.43. The van der Waals surface area contributed by atoms with Crippen LogP contribution in [-0.4, -0.2) is 15.3 Å². The van der Waals surface area contributed by atoms with Crippen LogP contribution in [0.25, 0.3) is 0 Å². The summed E-state index contributed by atoms with van der Waals surface area (Å²) in [6.07, 6.45) is -0.454. The first-order valence-electron chi connectivity index (χ1n) is 3.60. The minimum Gasteiger partial charge on any atom is -0.389 e. The molecule has 11 heavy (non-hydrogen) atoms. The second kappa shape index (κ2) is 2.96. The Kier molecular flexibility index (Phi) is 2.19. The van der Waals surface area contributed by atoms with Crippen LogP contribution in [0.5, 0.6) is 0 Å². The fourth-order valence-electron chi connectivity index (χ4n) is 0.993. The molecule has 1 rings (SSSR count). The summed E-state index contributed by atoms with van der Waals surface area (Å²) in [4.78, 5) is 0. The lowest BCUT2D eigenvalue weighted by atomic mass is 10.1. The van der Waals surface area contributed by atoms with E-state index in [1.165, 1.54) is 0 Å². The van der Waals surface area contributed by atoms with Gasteiger partial charge in [0.15, 0.2) is 0 Å². The molecule has 1 atom stereocenters. The lowest BCUT2D eigenvalue weighted by Crippen LogP contribution is -2.00. The topological polar surface area (TPSA) is 46.0 Å². The molecule has 60 valence electrons. The van der Waals surface area contributed by atoms with Crippen molar-refractivity contribution in [1.82, 2.24) is 10.2 Å². The average Bonchev–Trinajstić information content (AvgIpc) is 1.94. The quantitative estimate of drug-likeness (QED) is 0.656. The van der Waals surface area contributed by atoms with Crippen molar-refractivity contribution in [2.45, 2.75) is 26.9 Å². The Morgan fingerprint density at radius 2 is 2.00 bits per heavy atom. The molecular formula is C8H12N2O. The van der Waals surface area contributed by atoms with Crippen LogP contribution < -0.4 is 0 Å². The Hall–Kier alpha value is -0.960. The van der Waals surface area contributed by atoms with E-state index in [9.17, 15) is 5.11 Å². The third-order valence-electron chi connectivity index (χ3n) is 1.59. The van der Waals surface area contributed by atoms with Crippen molar-refractivity contribution < 1.29 is 5.11 Å². The van der Waals surface area contributed by atoms with Crippen molar-refractivity contribution in [2.75, 3.05) is 0 Å². The molecule has 0 aliphatic rings. The molecule has 0 spiro atoms. The van der Waals surface area contributed by atoms with Gasteiger partial charge in [-0.1, -0.05) is 0 Å².